The first-order valence-corrected chi connectivity index (χ1v) is 9.73. The molecule has 0 aromatic rings. The minimum Gasteiger partial charge on any atom is -0.134 e. The smallest absolute Gasteiger partial charge is 0.00261 e. The summed E-state index contributed by atoms with van der Waals surface area (Å²) in [4.78, 5) is 0. The molecule has 0 rings (SSSR count). The van der Waals surface area contributed by atoms with E-state index in [1.54, 1.807) is 0 Å². The minimum atomic E-state index is 1.27. The molecule has 0 radical (unpaired) electrons. The van der Waals surface area contributed by atoms with Crippen molar-refractivity contribution < 1.29 is 0 Å². The van der Waals surface area contributed by atoms with Crippen molar-refractivity contribution in [1.29, 1.82) is 0 Å². The molecular weight excluding hydrogens is 248 g/mol. The van der Waals surface area contributed by atoms with Gasteiger partial charge in [-0.05, 0) is 24.0 Å². The van der Waals surface area contributed by atoms with Crippen LogP contribution in [0.4, 0.5) is 0 Å². The third kappa shape index (κ3) is 18.1. The zero-order chi connectivity index (χ0) is 14.0. The van der Waals surface area contributed by atoms with E-state index in [-0.39, 0.29) is 0 Å². The standard InChI is InChI=1S/C18H36S/c1-3-5-7-9-10-11-12-13-14-16-18-19-17-15-8-6-4-2/h15,17H,3-14,16,18H2,1-2H3. The van der Waals surface area contributed by atoms with Gasteiger partial charge >= 0.3 is 0 Å². The van der Waals surface area contributed by atoms with Crippen LogP contribution in [-0.4, -0.2) is 5.75 Å². The molecule has 0 N–H and O–H groups in total. The Morgan fingerprint density at radius 1 is 0.632 bits per heavy atom. The van der Waals surface area contributed by atoms with Gasteiger partial charge in [0.2, 0.25) is 0 Å². The lowest BCUT2D eigenvalue weighted by molar-refractivity contribution is 0.563. The normalized spacial score (nSPS) is 11.5. The first-order chi connectivity index (χ1) is 9.41. The van der Waals surface area contributed by atoms with Crippen molar-refractivity contribution in [3.05, 3.63) is 11.5 Å². The van der Waals surface area contributed by atoms with Gasteiger partial charge in [0, 0.05) is 0 Å². The zero-order valence-electron chi connectivity index (χ0n) is 13.5. The third-order valence-corrected chi connectivity index (χ3v) is 4.44. The fourth-order valence-electron chi connectivity index (χ4n) is 2.20. The minimum absolute atomic E-state index is 1.27. The summed E-state index contributed by atoms with van der Waals surface area (Å²) < 4.78 is 0. The van der Waals surface area contributed by atoms with Gasteiger partial charge in [-0.15, -0.1) is 11.8 Å². The van der Waals surface area contributed by atoms with Crippen LogP contribution in [0.25, 0.3) is 0 Å². The van der Waals surface area contributed by atoms with E-state index in [0.717, 1.165) is 0 Å². The van der Waals surface area contributed by atoms with Crippen LogP contribution in [0.2, 0.25) is 0 Å². The lowest BCUT2D eigenvalue weighted by Crippen LogP contribution is -1.83. The first kappa shape index (κ1) is 19.1. The van der Waals surface area contributed by atoms with E-state index < -0.39 is 0 Å². The Kier molecular flexibility index (Phi) is 18.2. The molecule has 0 nitrogen and oxygen atoms in total. The molecule has 1 heteroatoms. The molecule has 0 aliphatic heterocycles. The summed E-state index contributed by atoms with van der Waals surface area (Å²) in [5, 5.41) is 2.31. The van der Waals surface area contributed by atoms with Crippen molar-refractivity contribution in [1.82, 2.24) is 0 Å². The Morgan fingerprint density at radius 2 is 1.16 bits per heavy atom. The summed E-state index contributed by atoms with van der Waals surface area (Å²) in [6.45, 7) is 4.54. The molecular formula is C18H36S. The molecule has 0 saturated carbocycles. The van der Waals surface area contributed by atoms with Gasteiger partial charge in [-0.1, -0.05) is 90.6 Å². The Labute approximate surface area is 126 Å². The van der Waals surface area contributed by atoms with E-state index in [1.165, 1.54) is 89.2 Å². The van der Waals surface area contributed by atoms with Gasteiger partial charge in [-0.3, -0.25) is 0 Å². The maximum atomic E-state index is 2.34. The van der Waals surface area contributed by atoms with Gasteiger partial charge < -0.3 is 0 Å². The Hall–Kier alpha value is 0.0900. The molecule has 0 saturated heterocycles. The molecule has 0 aliphatic carbocycles. The van der Waals surface area contributed by atoms with Crippen LogP contribution >= 0.6 is 11.8 Å². The van der Waals surface area contributed by atoms with E-state index in [2.05, 4.69) is 25.3 Å². The van der Waals surface area contributed by atoms with E-state index in [9.17, 15) is 0 Å². The highest BCUT2D eigenvalue weighted by Crippen LogP contribution is 2.13. The van der Waals surface area contributed by atoms with Crippen LogP contribution in [0.5, 0.6) is 0 Å². The molecule has 19 heavy (non-hydrogen) atoms. The van der Waals surface area contributed by atoms with E-state index >= 15 is 0 Å². The highest BCUT2D eigenvalue weighted by molar-refractivity contribution is 8.02. The number of rotatable bonds is 15. The summed E-state index contributed by atoms with van der Waals surface area (Å²) in [5.41, 5.74) is 0. The Morgan fingerprint density at radius 3 is 1.74 bits per heavy atom. The molecule has 0 aromatic heterocycles. The number of hydrogen-bond donors (Lipinski definition) is 0. The van der Waals surface area contributed by atoms with Crippen molar-refractivity contribution in [2.75, 3.05) is 5.75 Å². The van der Waals surface area contributed by atoms with Gasteiger partial charge in [0.05, 0.1) is 0 Å². The van der Waals surface area contributed by atoms with Crippen LogP contribution in [0.15, 0.2) is 11.5 Å². The predicted octanol–water partition coefficient (Wildman–Crippen LogP) is 7.34. The Bertz CT molecular complexity index is 175. The van der Waals surface area contributed by atoms with Gasteiger partial charge in [-0.2, -0.15) is 0 Å². The van der Waals surface area contributed by atoms with E-state index in [0.29, 0.717) is 0 Å². The van der Waals surface area contributed by atoms with Crippen LogP contribution in [0.1, 0.15) is 97.3 Å². The second-order valence-electron chi connectivity index (χ2n) is 5.57. The molecule has 0 aliphatic rings. The molecule has 0 spiro atoms. The maximum Gasteiger partial charge on any atom is -0.00261 e. The number of allylic oxidation sites excluding steroid dienone is 1. The first-order valence-electron chi connectivity index (χ1n) is 8.68. The second-order valence-corrected chi connectivity index (χ2v) is 6.58. The average Bonchev–Trinajstić information content (AvgIpc) is 2.43. The Balaban J connectivity index is 2.97. The molecule has 0 bridgehead atoms. The van der Waals surface area contributed by atoms with E-state index in [1.807, 2.05) is 11.8 Å². The van der Waals surface area contributed by atoms with Crippen molar-refractivity contribution in [3.8, 4) is 0 Å². The number of unbranched alkanes of at least 4 members (excludes halogenated alkanes) is 11. The van der Waals surface area contributed by atoms with E-state index in [4.69, 9.17) is 0 Å². The second kappa shape index (κ2) is 18.1. The van der Waals surface area contributed by atoms with Gasteiger partial charge in [0.15, 0.2) is 0 Å². The summed E-state index contributed by atoms with van der Waals surface area (Å²) in [6, 6.07) is 0. The van der Waals surface area contributed by atoms with Gasteiger partial charge in [0.25, 0.3) is 0 Å². The highest BCUT2D eigenvalue weighted by Gasteiger charge is 1.92. The van der Waals surface area contributed by atoms with Crippen molar-refractivity contribution >= 4 is 11.8 Å². The molecule has 0 unspecified atom stereocenters. The monoisotopic (exact) mass is 284 g/mol. The maximum absolute atomic E-state index is 2.34. The van der Waals surface area contributed by atoms with Gasteiger partial charge in [0.1, 0.15) is 0 Å². The summed E-state index contributed by atoms with van der Waals surface area (Å²) >= 11 is 2.00. The van der Waals surface area contributed by atoms with Crippen molar-refractivity contribution in [3.63, 3.8) is 0 Å². The highest BCUT2D eigenvalue weighted by atomic mass is 32.2. The van der Waals surface area contributed by atoms with Gasteiger partial charge in [-0.25, -0.2) is 0 Å². The zero-order valence-corrected chi connectivity index (χ0v) is 14.3. The summed E-state index contributed by atoms with van der Waals surface area (Å²) in [5.74, 6) is 1.32. The lowest BCUT2D eigenvalue weighted by Gasteiger charge is -2.01. The third-order valence-electron chi connectivity index (χ3n) is 3.53. The summed E-state index contributed by atoms with van der Waals surface area (Å²) in [6.07, 6.45) is 20.7. The van der Waals surface area contributed by atoms with Crippen LogP contribution < -0.4 is 0 Å². The van der Waals surface area contributed by atoms with Crippen LogP contribution in [0, 0.1) is 0 Å². The average molecular weight is 285 g/mol. The van der Waals surface area contributed by atoms with Crippen LogP contribution in [0.3, 0.4) is 0 Å². The van der Waals surface area contributed by atoms with Crippen molar-refractivity contribution in [2.24, 2.45) is 0 Å². The van der Waals surface area contributed by atoms with Crippen molar-refractivity contribution in [2.45, 2.75) is 97.3 Å². The van der Waals surface area contributed by atoms with Crippen LogP contribution in [-0.2, 0) is 0 Å². The molecule has 0 heterocycles. The molecule has 0 amide bonds. The summed E-state index contributed by atoms with van der Waals surface area (Å²) in [7, 11) is 0. The fourth-order valence-corrected chi connectivity index (χ4v) is 2.98. The molecule has 0 atom stereocenters. The predicted molar refractivity (Wildman–Crippen MR) is 93.0 cm³/mol. The molecule has 0 aromatic carbocycles. The topological polar surface area (TPSA) is 0 Å². The fraction of sp³-hybridized carbons (Fsp3) is 0.889. The number of hydrogen-bond acceptors (Lipinski definition) is 1. The molecule has 0 fully saturated rings. The SMILES string of the molecule is CCCCC=CSCCCCCCCCCCCC. The largest absolute Gasteiger partial charge is 0.134 e. The molecule has 114 valence electrons. The number of thioether (sulfide) groups is 1. The quantitative estimate of drug-likeness (QED) is 0.283. The lowest BCUT2D eigenvalue weighted by atomic mass is 10.1.